The van der Waals surface area contributed by atoms with Crippen molar-refractivity contribution in [2.75, 3.05) is 23.1 Å². The summed E-state index contributed by atoms with van der Waals surface area (Å²) >= 11 is 25.4. The molecular weight excluding hydrogens is 1100 g/mol. The van der Waals surface area contributed by atoms with Crippen LogP contribution in [0.5, 0.6) is 17.2 Å². The average Bonchev–Trinajstić information content (AvgIpc) is 3.41. The smallest absolute Gasteiger partial charge is 0.307 e. The number of aromatic hydroxyl groups is 1. The maximum absolute atomic E-state index is 12.4. The monoisotopic (exact) mass is 1140 g/mol. The number of halogens is 4. The molecule has 2 amide bonds. The van der Waals surface area contributed by atoms with Crippen LogP contribution in [0.1, 0.15) is 40.7 Å². The van der Waals surface area contributed by atoms with Gasteiger partial charge in [0.25, 0.3) is 11.8 Å². The van der Waals surface area contributed by atoms with E-state index >= 15 is 0 Å². The number of carboxylic acids is 1. The van der Waals surface area contributed by atoms with Gasteiger partial charge >= 0.3 is 5.97 Å². The Kier molecular flexibility index (Phi) is 18.8. The largest absolute Gasteiger partial charge is 0.508 e. The number of Topliss-reactive ketones (excluding diaryl/α,β-unsaturated/α-hetero) is 4. The van der Waals surface area contributed by atoms with E-state index in [1.54, 1.807) is 36.4 Å². The summed E-state index contributed by atoms with van der Waals surface area (Å²) in [6.45, 7) is 3.73. The zero-order valence-corrected chi connectivity index (χ0v) is 44.5. The summed E-state index contributed by atoms with van der Waals surface area (Å²) in [5.41, 5.74) is 5.28. The molecule has 0 unspecified atom stereocenters. The van der Waals surface area contributed by atoms with E-state index in [4.69, 9.17) is 71.5 Å². The van der Waals surface area contributed by atoms with E-state index in [2.05, 4.69) is 20.2 Å². The zero-order chi connectivity index (χ0) is 57.1. The number of hydrogen-bond acceptors (Lipinski definition) is 16. The minimum absolute atomic E-state index is 0.0171. The maximum Gasteiger partial charge on any atom is 0.307 e. The highest BCUT2D eigenvalue weighted by Crippen LogP contribution is 2.40. The number of nitriles is 2. The van der Waals surface area contributed by atoms with E-state index in [1.807, 2.05) is 62.4 Å². The Morgan fingerprint density at radius 1 is 0.582 bits per heavy atom. The number of aliphatic carboxylic acids is 1. The lowest BCUT2D eigenvalue weighted by atomic mass is 9.99. The van der Waals surface area contributed by atoms with Crippen LogP contribution >= 0.6 is 46.4 Å². The highest BCUT2D eigenvalue weighted by molar-refractivity contribution is 6.51. The number of carbonyl (C=O) groups excluding carboxylic acids is 6. The first-order valence-electron chi connectivity index (χ1n) is 23.4. The molecule has 0 aromatic heterocycles. The Hall–Kier alpha value is -9.11. The number of ether oxygens (including phenoxy) is 2. The highest BCUT2D eigenvalue weighted by atomic mass is 35.5. The van der Waals surface area contributed by atoms with Crippen molar-refractivity contribution in [2.24, 2.45) is 20.2 Å². The number of dihydropyridines is 2. The molecule has 5 aromatic carbocycles. The third kappa shape index (κ3) is 15.1. The number of benzene rings is 5. The van der Waals surface area contributed by atoms with Crippen LogP contribution in [0.3, 0.4) is 0 Å². The molecule has 23 heteroatoms. The fourth-order valence-corrected chi connectivity index (χ4v) is 8.84. The predicted octanol–water partition coefficient (Wildman–Crippen LogP) is 9.05. The van der Waals surface area contributed by atoms with Crippen molar-refractivity contribution < 1.29 is 53.2 Å². The second-order valence-corrected chi connectivity index (χ2v) is 19.1. The number of aryl methyl sites for hydroxylation is 2. The minimum Gasteiger partial charge on any atom is -0.508 e. The molecule has 0 saturated heterocycles. The zero-order valence-electron chi connectivity index (χ0n) is 41.5. The van der Waals surface area contributed by atoms with Crippen molar-refractivity contribution in [1.29, 1.82) is 10.5 Å². The van der Waals surface area contributed by atoms with Gasteiger partial charge < -0.3 is 19.7 Å². The Morgan fingerprint density at radius 2 is 0.975 bits per heavy atom. The Morgan fingerprint density at radius 3 is 1.37 bits per heavy atom. The van der Waals surface area contributed by atoms with Crippen molar-refractivity contribution in [3.63, 3.8) is 0 Å². The van der Waals surface area contributed by atoms with E-state index in [0.29, 0.717) is 17.6 Å². The second kappa shape index (κ2) is 25.8. The first-order valence-corrected chi connectivity index (χ1v) is 24.9. The number of carboxylic acid groups (broad SMARTS) is 1. The summed E-state index contributed by atoms with van der Waals surface area (Å²) in [7, 11) is 0. The quantitative estimate of drug-likeness (QED) is 0.124. The Bertz CT molecular complexity index is 3430. The van der Waals surface area contributed by atoms with Crippen molar-refractivity contribution in [2.45, 2.75) is 46.0 Å². The summed E-state index contributed by atoms with van der Waals surface area (Å²) in [5, 5.41) is 45.6. The summed E-state index contributed by atoms with van der Waals surface area (Å²) in [6, 6.07) is 30.7. The van der Waals surface area contributed by atoms with E-state index in [1.165, 1.54) is 36.4 Å². The maximum atomic E-state index is 12.4. The fraction of sp³-hybridized carbons (Fsp3) is 0.161. The summed E-state index contributed by atoms with van der Waals surface area (Å²) < 4.78 is 11.5. The summed E-state index contributed by atoms with van der Waals surface area (Å²) in [5.74, 6) is -3.17. The van der Waals surface area contributed by atoms with Gasteiger partial charge in [0.2, 0.25) is 34.8 Å². The van der Waals surface area contributed by atoms with Crippen molar-refractivity contribution >= 4 is 122 Å². The molecule has 0 saturated carbocycles. The molecule has 5 aromatic rings. The number of nitrogens with zero attached hydrogens (tertiary/aromatic N) is 8. The second-order valence-electron chi connectivity index (χ2n) is 17.5. The first kappa shape index (κ1) is 57.6. The normalized spacial score (nSPS) is 15.1. The number of phenolic OH excluding ortho intramolecular Hbond substituents is 1. The molecule has 9 rings (SSSR count). The van der Waals surface area contributed by atoms with Crippen molar-refractivity contribution in [1.82, 2.24) is 0 Å². The van der Waals surface area contributed by atoms with Gasteiger partial charge in [0.15, 0.2) is 23.1 Å². The van der Waals surface area contributed by atoms with Gasteiger partial charge in [-0.3, -0.25) is 33.6 Å². The van der Waals surface area contributed by atoms with Gasteiger partial charge in [0, 0.05) is 36.1 Å². The first-order chi connectivity index (χ1) is 37.7. The van der Waals surface area contributed by atoms with Gasteiger partial charge in [-0.1, -0.05) is 118 Å². The number of aliphatic imine (C=N–C) groups is 2. The SMILES string of the molecule is Cc1cccc(CC(=O)O)c1.Cc1cccc(CC2=CC(Oc3c(Cl)cc(N4N=C(C#N)C(=O)CC4=O)cc3Cl)=NCC2=O)c1.N#CC1=NN(c2cc(Cl)c(OC3=NCC(=O)C(Cc4cccc(O)c4)=C3)c(Cl)c2)C(=O)CC1=O. The molecule has 19 nitrogen and oxygen atoms in total. The number of anilines is 2. The van der Waals surface area contributed by atoms with Crippen LogP contribution in [-0.2, 0) is 52.8 Å². The molecule has 2 N–H and O–H groups in total. The van der Waals surface area contributed by atoms with Gasteiger partial charge in [0.05, 0.1) is 50.7 Å². The van der Waals surface area contributed by atoms with Gasteiger partial charge in [0.1, 0.15) is 31.0 Å². The number of ketones is 4. The molecular formula is C56H40Cl4N8O11. The van der Waals surface area contributed by atoms with Crippen molar-refractivity contribution in [3.05, 3.63) is 168 Å². The van der Waals surface area contributed by atoms with Gasteiger partial charge in [-0.05, 0) is 66.9 Å². The molecule has 398 valence electrons. The van der Waals surface area contributed by atoms with Crippen LogP contribution in [0.25, 0.3) is 0 Å². The molecule has 0 bridgehead atoms. The van der Waals surface area contributed by atoms with E-state index < -0.39 is 47.9 Å². The standard InChI is InChI=1S/C24H16Cl2N4O4.C23H14Cl2N4O5.C9H10O2/c1-13-3-2-4-14(5-13)6-15-7-22(28-12-21(15)32)34-24-17(25)8-16(9-18(24)26)30-23(33)10-20(31)19(11-27)29-30;24-16-7-14(29-22(33)9-19(31)18(10-26)28-29)8-17(25)23(16)34-21-6-13(20(32)11-27-21)4-12-2-1-3-15(30)5-12;1-7-3-2-4-8(5-7)6-9(10)11/h2-5,7-9H,6,10,12H2,1H3;1-3,5-8,30H,4,9,11H2;2-5H,6H2,1H3,(H,10,11). The van der Waals surface area contributed by atoms with Crippen LogP contribution in [0, 0.1) is 36.5 Å². The third-order valence-corrected chi connectivity index (χ3v) is 12.5. The van der Waals surface area contributed by atoms with Crippen LogP contribution in [-0.4, -0.2) is 87.4 Å². The van der Waals surface area contributed by atoms with Crippen LogP contribution in [0.2, 0.25) is 20.1 Å². The van der Waals surface area contributed by atoms with E-state index in [-0.39, 0.29) is 104 Å². The van der Waals surface area contributed by atoms with Crippen LogP contribution in [0.15, 0.2) is 141 Å². The number of phenols is 1. The van der Waals surface area contributed by atoms with Gasteiger partial charge in [-0.25, -0.2) is 9.98 Å². The minimum atomic E-state index is -0.782. The average molecular weight is 1140 g/mol. The lowest BCUT2D eigenvalue weighted by Crippen LogP contribution is -2.36. The van der Waals surface area contributed by atoms with Crippen molar-refractivity contribution in [3.8, 4) is 29.4 Å². The molecule has 0 atom stereocenters. The molecule has 4 heterocycles. The molecule has 4 aliphatic rings. The van der Waals surface area contributed by atoms with E-state index in [0.717, 1.165) is 37.8 Å². The van der Waals surface area contributed by atoms with Gasteiger partial charge in [-0.2, -0.15) is 30.7 Å². The highest BCUT2D eigenvalue weighted by Gasteiger charge is 2.32. The fourth-order valence-electron chi connectivity index (χ4n) is 7.73. The van der Waals surface area contributed by atoms with Crippen LogP contribution < -0.4 is 19.5 Å². The Labute approximate surface area is 470 Å². The molecule has 0 spiro atoms. The predicted molar refractivity (Wildman–Crippen MR) is 294 cm³/mol. The topological polar surface area (TPSA) is 282 Å². The van der Waals surface area contributed by atoms with E-state index in [9.17, 15) is 38.7 Å². The lowest BCUT2D eigenvalue weighted by molar-refractivity contribution is -0.136. The van der Waals surface area contributed by atoms with Crippen LogP contribution in [0.4, 0.5) is 11.4 Å². The number of hydrazone groups is 2. The molecule has 0 aliphatic carbocycles. The van der Waals surface area contributed by atoms with Gasteiger partial charge in [-0.15, -0.1) is 0 Å². The Balaban J connectivity index is 0.000000192. The lowest BCUT2D eigenvalue weighted by Gasteiger charge is -2.22. The molecule has 0 radical (unpaired) electrons. The number of rotatable bonds is 10. The summed E-state index contributed by atoms with van der Waals surface area (Å²) in [4.78, 5) is 91.0. The number of amides is 2. The summed E-state index contributed by atoms with van der Waals surface area (Å²) in [6.07, 6.45) is 2.85. The number of hydrogen-bond donors (Lipinski definition) is 2. The number of carbonyl (C=O) groups is 7. The molecule has 79 heavy (non-hydrogen) atoms. The molecule has 4 aliphatic heterocycles. The third-order valence-electron chi connectivity index (χ3n) is 11.4. The molecule has 0 fully saturated rings.